The van der Waals surface area contributed by atoms with Crippen molar-refractivity contribution in [3.63, 3.8) is 0 Å². The highest BCUT2D eigenvalue weighted by Crippen LogP contribution is 2.63. The van der Waals surface area contributed by atoms with Crippen LogP contribution in [-0.4, -0.2) is 113 Å². The largest absolute Gasteiger partial charge is 0.390 e. The molecule has 0 aromatic rings. The van der Waals surface area contributed by atoms with Crippen LogP contribution < -0.4 is 0 Å². The van der Waals surface area contributed by atoms with Crippen molar-refractivity contribution in [2.75, 3.05) is 64.1 Å². The molecule has 6 unspecified atom stereocenters. The van der Waals surface area contributed by atoms with Gasteiger partial charge in [0.05, 0.1) is 18.3 Å². The molecule has 6 atom stereocenters. The average Bonchev–Trinajstić information content (AvgIpc) is 2.58. The average molecular weight is 440 g/mol. The molecule has 0 aliphatic carbocycles. The maximum atomic E-state index is 10.6. The van der Waals surface area contributed by atoms with Gasteiger partial charge >= 0.3 is 0 Å². The molecule has 1 rings (SSSR count). The number of rotatable bonds is 9. The number of aliphatic hydroxyl groups excluding tert-OH is 1. The second-order valence-corrected chi connectivity index (χ2v) is 27.9. The highest BCUT2D eigenvalue weighted by atomic mass is 31.2. The van der Waals surface area contributed by atoms with E-state index in [2.05, 4.69) is 65.2 Å². The lowest BCUT2D eigenvalue weighted by Crippen LogP contribution is -2.29. The van der Waals surface area contributed by atoms with Crippen molar-refractivity contribution in [2.45, 2.75) is 31.7 Å². The van der Waals surface area contributed by atoms with Crippen LogP contribution in [0.3, 0.4) is 0 Å². The van der Waals surface area contributed by atoms with E-state index in [0.29, 0.717) is 0 Å². The number of hydrogen-bond donors (Lipinski definition) is 1. The summed E-state index contributed by atoms with van der Waals surface area (Å²) in [6.07, 6.45) is 20.9. The fourth-order valence-electron chi connectivity index (χ4n) is 4.41. The van der Waals surface area contributed by atoms with Crippen molar-refractivity contribution in [1.82, 2.24) is 0 Å². The first kappa shape index (κ1) is 25.2. The summed E-state index contributed by atoms with van der Waals surface area (Å²) < 4.78 is 6.16. The number of hydrogen-bond acceptors (Lipinski definition) is 2. The Bertz CT molecular complexity index is 669. The zero-order valence-electron chi connectivity index (χ0n) is 18.3. The highest BCUT2D eigenvalue weighted by molar-refractivity contribution is 7.95. The molecular weight excluding hydrogens is 396 g/mol. The molecule has 26 heavy (non-hydrogen) atoms. The van der Waals surface area contributed by atoms with Crippen LogP contribution in [0.5, 0.6) is 0 Å². The van der Waals surface area contributed by atoms with E-state index in [9.17, 15) is 5.11 Å². The van der Waals surface area contributed by atoms with Gasteiger partial charge in [-0.05, 0) is 77.5 Å². The second-order valence-electron chi connectivity index (χ2n) is 10.6. The molecular formula is C20H44O2P4. The summed E-state index contributed by atoms with van der Waals surface area (Å²) in [6, 6.07) is 0. The van der Waals surface area contributed by atoms with Crippen molar-refractivity contribution >= 4 is 52.7 Å². The molecule has 0 amide bonds. The molecule has 2 nitrogen and oxygen atoms in total. The summed E-state index contributed by atoms with van der Waals surface area (Å²) >= 11 is 0. The predicted octanol–water partition coefficient (Wildman–Crippen LogP) is 4.63. The fourth-order valence-corrected chi connectivity index (χ4v) is 22.6. The van der Waals surface area contributed by atoms with Crippen LogP contribution in [0.2, 0.25) is 0 Å². The molecule has 0 radical (unpaired) electrons. The molecule has 156 valence electrons. The van der Waals surface area contributed by atoms with E-state index in [1.54, 1.807) is 0 Å². The summed E-state index contributed by atoms with van der Waals surface area (Å²) in [5, 5.41) is 10.6. The maximum Gasteiger partial charge on any atom is 0.0855 e. The van der Waals surface area contributed by atoms with Crippen LogP contribution in [0.25, 0.3) is 0 Å². The molecule has 0 aromatic carbocycles. The molecule has 1 aliphatic heterocycles. The van der Waals surface area contributed by atoms with Gasteiger partial charge in [0.2, 0.25) is 0 Å². The quantitative estimate of drug-likeness (QED) is 0.530. The van der Waals surface area contributed by atoms with Crippen LogP contribution in [0.15, 0.2) is 0 Å². The van der Waals surface area contributed by atoms with Crippen molar-refractivity contribution in [2.24, 2.45) is 5.92 Å². The van der Waals surface area contributed by atoms with Gasteiger partial charge in [0, 0.05) is 5.92 Å². The topological polar surface area (TPSA) is 29.5 Å². The predicted molar refractivity (Wildman–Crippen MR) is 140 cm³/mol. The summed E-state index contributed by atoms with van der Waals surface area (Å²) in [4.78, 5) is 0. The minimum Gasteiger partial charge on any atom is -0.390 e. The van der Waals surface area contributed by atoms with Crippen molar-refractivity contribution in [1.29, 1.82) is 0 Å². The van der Waals surface area contributed by atoms with Gasteiger partial charge in [0.1, 0.15) is 0 Å². The zero-order chi connectivity index (χ0) is 20.6. The SMILES string of the molecule is C=P(C)(C)CC1C(CCP(=C)(C)CP(=C)(C)CP(=C)(C)C)OC(C)C1O. The molecule has 0 bridgehead atoms. The monoisotopic (exact) mass is 440 g/mol. The first-order chi connectivity index (χ1) is 11.4. The molecule has 1 saturated heterocycles. The summed E-state index contributed by atoms with van der Waals surface area (Å²) in [6.45, 7) is 11.2. The van der Waals surface area contributed by atoms with Gasteiger partial charge in [0.15, 0.2) is 0 Å². The Labute approximate surface area is 164 Å². The summed E-state index contributed by atoms with van der Waals surface area (Å²) in [5.74, 6) is 2.67. The molecule has 6 heteroatoms. The van der Waals surface area contributed by atoms with Crippen molar-refractivity contribution in [3.8, 4) is 0 Å². The van der Waals surface area contributed by atoms with Crippen LogP contribution >= 0.6 is 27.5 Å². The van der Waals surface area contributed by atoms with Gasteiger partial charge in [-0.1, -0.05) is 0 Å². The lowest BCUT2D eigenvalue weighted by atomic mass is 9.97. The standard InChI is InChI=1S/C20H44O2P4/c1-17-20(21)18(14-23(2,3)4)19(22-17)12-13-25(8,9)16-26(10,11)15-24(5,6)7/h17-21H,2,5,8,10,12-16H2,1,3-4,6-7,9,11H3. The Morgan fingerprint density at radius 1 is 0.846 bits per heavy atom. The van der Waals surface area contributed by atoms with Gasteiger partial charge < -0.3 is 9.84 Å². The third kappa shape index (κ3) is 9.08. The molecule has 1 aliphatic rings. The van der Waals surface area contributed by atoms with Crippen molar-refractivity contribution in [3.05, 3.63) is 0 Å². The van der Waals surface area contributed by atoms with Crippen LogP contribution in [0, 0.1) is 5.92 Å². The lowest BCUT2D eigenvalue weighted by molar-refractivity contribution is 0.0213. The number of ether oxygens (including phenoxy) is 1. The van der Waals surface area contributed by atoms with Gasteiger partial charge in [0.25, 0.3) is 0 Å². The number of aliphatic hydroxyl groups is 1. The third-order valence-corrected chi connectivity index (χ3v) is 18.9. The first-order valence-corrected chi connectivity index (χ1v) is 21.2. The van der Waals surface area contributed by atoms with E-state index in [1.165, 1.54) is 11.8 Å². The normalized spacial score (nSPS) is 32.2. The lowest BCUT2D eigenvalue weighted by Gasteiger charge is -2.32. The van der Waals surface area contributed by atoms with E-state index in [1.807, 2.05) is 6.92 Å². The minimum atomic E-state index is -1.26. The Morgan fingerprint density at radius 3 is 1.85 bits per heavy atom. The Hall–Kier alpha value is 1.12. The fraction of sp³-hybridized carbons (Fsp3) is 0.800. The molecule has 1 heterocycles. The molecule has 0 saturated carbocycles. The zero-order valence-corrected chi connectivity index (χ0v) is 21.9. The first-order valence-electron chi connectivity index (χ1n) is 9.47. The molecule has 0 spiro atoms. The Kier molecular flexibility index (Phi) is 8.58. The molecule has 1 fully saturated rings. The summed E-state index contributed by atoms with van der Waals surface area (Å²) in [5.41, 5.74) is 0. The van der Waals surface area contributed by atoms with E-state index in [0.717, 1.165) is 18.7 Å². The van der Waals surface area contributed by atoms with Gasteiger partial charge in [-0.3, -0.25) is 0 Å². The van der Waals surface area contributed by atoms with Gasteiger partial charge in [-0.25, -0.2) is 0 Å². The van der Waals surface area contributed by atoms with E-state index in [4.69, 9.17) is 4.74 Å². The molecule has 1 N–H and O–H groups in total. The highest BCUT2D eigenvalue weighted by Gasteiger charge is 2.41. The Morgan fingerprint density at radius 2 is 1.38 bits per heavy atom. The smallest absolute Gasteiger partial charge is 0.0855 e. The maximum absolute atomic E-state index is 10.6. The minimum absolute atomic E-state index is 0.0617. The molecule has 0 aromatic heterocycles. The third-order valence-electron chi connectivity index (χ3n) is 4.85. The summed E-state index contributed by atoms with van der Waals surface area (Å²) in [7, 11) is 0. The van der Waals surface area contributed by atoms with Gasteiger partial charge in [-0.15, -0.1) is 52.7 Å². The van der Waals surface area contributed by atoms with Crippen LogP contribution in [0.1, 0.15) is 13.3 Å². The van der Waals surface area contributed by atoms with E-state index in [-0.39, 0.29) is 24.2 Å². The van der Waals surface area contributed by atoms with E-state index < -0.39 is 27.5 Å². The van der Waals surface area contributed by atoms with Gasteiger partial charge in [-0.2, -0.15) is 0 Å². The second kappa shape index (κ2) is 8.86. The van der Waals surface area contributed by atoms with Crippen LogP contribution in [-0.2, 0) is 4.74 Å². The van der Waals surface area contributed by atoms with Crippen molar-refractivity contribution < 1.29 is 9.84 Å². The van der Waals surface area contributed by atoms with E-state index >= 15 is 0 Å². The van der Waals surface area contributed by atoms with Crippen LogP contribution in [0.4, 0.5) is 0 Å². The Balaban J connectivity index is 2.76.